The van der Waals surface area contributed by atoms with Gasteiger partial charge in [-0.2, -0.15) is 10.4 Å². The van der Waals surface area contributed by atoms with Crippen LogP contribution in [0.15, 0.2) is 28.2 Å². The summed E-state index contributed by atoms with van der Waals surface area (Å²) in [4.78, 5) is 2.35. The molecular weight excluding hydrogens is 340 g/mol. The van der Waals surface area contributed by atoms with Crippen LogP contribution < -0.4 is 16.1 Å². The quantitative estimate of drug-likeness (QED) is 0.414. The molecule has 0 amide bonds. The third kappa shape index (κ3) is 4.93. The molecule has 8 nitrogen and oxygen atoms in total. The van der Waals surface area contributed by atoms with E-state index in [1.54, 1.807) is 18.2 Å². The van der Waals surface area contributed by atoms with Crippen molar-refractivity contribution < 1.29 is 8.42 Å². The van der Waals surface area contributed by atoms with Crippen molar-refractivity contribution in [3.63, 3.8) is 0 Å². The SMILES string of the molecule is CS(=O)(=O)c1ccc(N/N=C(\C#N)C(=N)N)cc1N1CCCCCC1. The number of rotatable bonds is 5. The number of hydrazone groups is 1. The number of sulfone groups is 1. The maximum absolute atomic E-state index is 12.1. The molecule has 0 spiro atoms. The molecule has 0 atom stereocenters. The van der Waals surface area contributed by atoms with Gasteiger partial charge in [0.05, 0.1) is 16.3 Å². The first-order valence-electron chi connectivity index (χ1n) is 8.00. The summed E-state index contributed by atoms with van der Waals surface area (Å²) in [6.07, 6.45) is 5.50. The normalized spacial score (nSPS) is 16.0. The number of benzene rings is 1. The van der Waals surface area contributed by atoms with E-state index in [1.807, 2.05) is 0 Å². The van der Waals surface area contributed by atoms with Gasteiger partial charge in [0.2, 0.25) is 5.71 Å². The summed E-state index contributed by atoms with van der Waals surface area (Å²) in [5.41, 5.74) is 8.86. The van der Waals surface area contributed by atoms with Crippen LogP contribution in [-0.4, -0.2) is 39.3 Å². The first-order chi connectivity index (χ1) is 11.8. The summed E-state index contributed by atoms with van der Waals surface area (Å²) in [7, 11) is -3.37. The minimum Gasteiger partial charge on any atom is -0.382 e. The van der Waals surface area contributed by atoms with Gasteiger partial charge in [-0.3, -0.25) is 10.8 Å². The lowest BCUT2D eigenvalue weighted by atomic mass is 10.2. The molecule has 1 fully saturated rings. The Morgan fingerprint density at radius 1 is 1.32 bits per heavy atom. The van der Waals surface area contributed by atoms with Crippen LogP contribution in [0.25, 0.3) is 0 Å². The molecule has 1 heterocycles. The maximum atomic E-state index is 12.1. The van der Waals surface area contributed by atoms with Crippen molar-refractivity contribution in [1.82, 2.24) is 0 Å². The van der Waals surface area contributed by atoms with Crippen LogP contribution in [0.2, 0.25) is 0 Å². The fourth-order valence-corrected chi connectivity index (χ4v) is 3.61. The number of hydrogen-bond acceptors (Lipinski definition) is 7. The summed E-state index contributed by atoms with van der Waals surface area (Å²) in [5.74, 6) is -0.435. The molecule has 0 unspecified atom stereocenters. The summed E-state index contributed by atoms with van der Waals surface area (Å²) in [6, 6.07) is 6.55. The van der Waals surface area contributed by atoms with Crippen LogP contribution in [0.1, 0.15) is 25.7 Å². The topological polar surface area (TPSA) is 135 Å². The molecule has 9 heteroatoms. The average Bonchev–Trinajstić information content (AvgIpc) is 2.83. The summed E-state index contributed by atoms with van der Waals surface area (Å²) < 4.78 is 24.3. The van der Waals surface area contributed by atoms with Gasteiger partial charge >= 0.3 is 0 Å². The smallest absolute Gasteiger partial charge is 0.201 e. The Kier molecular flexibility index (Phi) is 5.98. The molecule has 1 aliphatic rings. The lowest BCUT2D eigenvalue weighted by Gasteiger charge is -2.25. The van der Waals surface area contributed by atoms with Crippen LogP contribution in [0.3, 0.4) is 0 Å². The highest BCUT2D eigenvalue weighted by molar-refractivity contribution is 7.90. The lowest BCUT2D eigenvalue weighted by molar-refractivity contribution is 0.601. The van der Waals surface area contributed by atoms with Crippen LogP contribution in [0, 0.1) is 16.7 Å². The average molecular weight is 362 g/mol. The largest absolute Gasteiger partial charge is 0.382 e. The van der Waals surface area contributed by atoms with Crippen molar-refractivity contribution in [2.45, 2.75) is 30.6 Å². The second-order valence-electron chi connectivity index (χ2n) is 5.95. The molecule has 25 heavy (non-hydrogen) atoms. The molecular formula is C16H22N6O2S. The van der Waals surface area contributed by atoms with Crippen molar-refractivity contribution in [2.24, 2.45) is 10.8 Å². The molecule has 1 aromatic carbocycles. The van der Waals surface area contributed by atoms with E-state index in [0.29, 0.717) is 11.4 Å². The molecule has 0 radical (unpaired) electrons. The van der Waals surface area contributed by atoms with Crippen molar-refractivity contribution >= 4 is 32.8 Å². The minimum atomic E-state index is -3.37. The summed E-state index contributed by atoms with van der Waals surface area (Å²) in [5, 5.41) is 19.9. The Morgan fingerprint density at radius 2 is 1.96 bits per heavy atom. The molecule has 0 saturated carbocycles. The number of nitrogens with two attached hydrogens (primary N) is 1. The van der Waals surface area contributed by atoms with Gasteiger partial charge in [0.1, 0.15) is 6.07 Å². The third-order valence-electron chi connectivity index (χ3n) is 3.96. The number of nitriles is 1. The molecule has 0 bridgehead atoms. The number of amidine groups is 1. The molecule has 1 aliphatic heterocycles. The van der Waals surface area contributed by atoms with E-state index in [-0.39, 0.29) is 10.6 Å². The highest BCUT2D eigenvalue weighted by atomic mass is 32.2. The standard InChI is InChI=1S/C16H22N6O2S/c1-25(23,24)15-7-6-12(20-21-13(11-17)16(18)19)10-14(15)22-8-4-2-3-5-9-22/h6-7,10,20H,2-5,8-9H2,1H3,(H3,18,19)/b21-13+. The van der Waals surface area contributed by atoms with E-state index in [2.05, 4.69) is 15.4 Å². The molecule has 1 saturated heterocycles. The Bertz CT molecular complexity index is 818. The zero-order chi connectivity index (χ0) is 18.4. The zero-order valence-electron chi connectivity index (χ0n) is 14.1. The molecule has 134 valence electrons. The van der Waals surface area contributed by atoms with E-state index >= 15 is 0 Å². The summed E-state index contributed by atoms with van der Waals surface area (Å²) in [6.45, 7) is 1.60. The predicted octanol–water partition coefficient (Wildman–Crippen LogP) is 1.70. The number of nitrogens with zero attached hydrogens (tertiary/aromatic N) is 3. The first-order valence-corrected chi connectivity index (χ1v) is 9.89. The third-order valence-corrected chi connectivity index (χ3v) is 5.11. The van der Waals surface area contributed by atoms with E-state index in [1.165, 1.54) is 12.3 Å². The van der Waals surface area contributed by atoms with Gasteiger partial charge in [0.15, 0.2) is 15.7 Å². The van der Waals surface area contributed by atoms with Gasteiger partial charge < -0.3 is 10.6 Å². The Labute approximate surface area is 147 Å². The van der Waals surface area contributed by atoms with E-state index in [4.69, 9.17) is 16.4 Å². The number of anilines is 2. The van der Waals surface area contributed by atoms with E-state index < -0.39 is 15.7 Å². The van der Waals surface area contributed by atoms with Crippen molar-refractivity contribution in [1.29, 1.82) is 10.7 Å². The molecule has 0 aliphatic carbocycles. The van der Waals surface area contributed by atoms with Gasteiger partial charge in [0, 0.05) is 19.3 Å². The van der Waals surface area contributed by atoms with E-state index in [9.17, 15) is 8.42 Å². The highest BCUT2D eigenvalue weighted by Gasteiger charge is 2.20. The van der Waals surface area contributed by atoms with Gasteiger partial charge in [-0.25, -0.2) is 8.42 Å². The van der Waals surface area contributed by atoms with Crippen LogP contribution in [-0.2, 0) is 9.84 Å². The fraction of sp³-hybridized carbons (Fsp3) is 0.438. The second-order valence-corrected chi connectivity index (χ2v) is 7.94. The molecule has 2 rings (SSSR count). The van der Waals surface area contributed by atoms with Crippen molar-refractivity contribution in [3.05, 3.63) is 18.2 Å². The second kappa shape index (κ2) is 7.98. The molecule has 1 aromatic rings. The van der Waals surface area contributed by atoms with Gasteiger partial charge in [0.25, 0.3) is 0 Å². The highest BCUT2D eigenvalue weighted by Crippen LogP contribution is 2.30. The zero-order valence-corrected chi connectivity index (χ0v) is 14.9. The minimum absolute atomic E-state index is 0.233. The molecule has 0 aromatic heterocycles. The Balaban J connectivity index is 2.40. The van der Waals surface area contributed by atoms with Crippen LogP contribution >= 0.6 is 0 Å². The van der Waals surface area contributed by atoms with Crippen molar-refractivity contribution in [3.8, 4) is 6.07 Å². The number of hydrogen-bond donors (Lipinski definition) is 3. The van der Waals surface area contributed by atoms with Gasteiger partial charge in [-0.15, -0.1) is 0 Å². The van der Waals surface area contributed by atoms with Gasteiger partial charge in [-0.05, 0) is 31.0 Å². The Morgan fingerprint density at radius 3 is 2.48 bits per heavy atom. The fourth-order valence-electron chi connectivity index (χ4n) is 2.73. The first kappa shape index (κ1) is 18.7. The maximum Gasteiger partial charge on any atom is 0.201 e. The summed E-state index contributed by atoms with van der Waals surface area (Å²) >= 11 is 0. The van der Waals surface area contributed by atoms with E-state index in [0.717, 1.165) is 38.8 Å². The lowest BCUT2D eigenvalue weighted by Crippen LogP contribution is -2.26. The predicted molar refractivity (Wildman–Crippen MR) is 98.8 cm³/mol. The Hall–Kier alpha value is -2.60. The van der Waals surface area contributed by atoms with Crippen LogP contribution in [0.5, 0.6) is 0 Å². The van der Waals surface area contributed by atoms with Crippen molar-refractivity contribution in [2.75, 3.05) is 29.7 Å². The van der Waals surface area contributed by atoms with Crippen LogP contribution in [0.4, 0.5) is 11.4 Å². The van der Waals surface area contributed by atoms with Gasteiger partial charge in [-0.1, -0.05) is 12.8 Å². The monoisotopic (exact) mass is 362 g/mol. The molecule has 4 N–H and O–H groups in total. The number of nitrogens with one attached hydrogen (secondary N) is 2.